The highest BCUT2D eigenvalue weighted by Crippen LogP contribution is 2.24. The maximum Gasteiger partial charge on any atom is 0.256 e. The normalized spacial score (nSPS) is 19.2. The van der Waals surface area contributed by atoms with Gasteiger partial charge in [-0.2, -0.15) is 0 Å². The van der Waals surface area contributed by atoms with Crippen LogP contribution in [0.5, 0.6) is 0 Å². The lowest BCUT2D eigenvalue weighted by atomic mass is 10.1. The Bertz CT molecular complexity index is 620. The third kappa shape index (κ3) is 2.06. The van der Waals surface area contributed by atoms with E-state index in [0.29, 0.717) is 24.3 Å². The maximum atomic E-state index is 12.5. The monoisotopic (exact) mass is 259 g/mol. The predicted molar refractivity (Wildman–Crippen MR) is 73.8 cm³/mol. The minimum Gasteiger partial charge on any atom is -0.399 e. The van der Waals surface area contributed by atoms with Crippen LogP contribution in [0.3, 0.4) is 0 Å². The number of aliphatic hydroxyl groups is 1. The number of amides is 1. The topological polar surface area (TPSA) is 82.3 Å². The molecule has 1 aromatic heterocycles. The molecule has 1 unspecified atom stereocenters. The molecular formula is C14H17N3O2. The van der Waals surface area contributed by atoms with Crippen LogP contribution in [0.4, 0.5) is 5.69 Å². The van der Waals surface area contributed by atoms with E-state index in [-0.39, 0.29) is 18.4 Å². The number of benzene rings is 1. The zero-order valence-corrected chi connectivity index (χ0v) is 10.6. The van der Waals surface area contributed by atoms with Gasteiger partial charge in [0.2, 0.25) is 0 Å². The number of carbonyl (C=O) groups excluding carboxylic acids is 1. The van der Waals surface area contributed by atoms with Crippen molar-refractivity contribution in [2.24, 2.45) is 5.92 Å². The Morgan fingerprint density at radius 2 is 2.37 bits per heavy atom. The molecule has 1 aliphatic heterocycles. The molecular weight excluding hydrogens is 242 g/mol. The third-order valence-electron chi connectivity index (χ3n) is 3.77. The molecule has 0 aliphatic carbocycles. The summed E-state index contributed by atoms with van der Waals surface area (Å²) in [6.07, 6.45) is 2.61. The van der Waals surface area contributed by atoms with Crippen molar-refractivity contribution in [2.45, 2.75) is 6.42 Å². The Kier molecular flexibility index (Phi) is 2.91. The van der Waals surface area contributed by atoms with Gasteiger partial charge in [-0.05, 0) is 24.6 Å². The maximum absolute atomic E-state index is 12.5. The van der Waals surface area contributed by atoms with Gasteiger partial charge in [-0.1, -0.05) is 0 Å². The molecule has 2 aromatic rings. The fourth-order valence-electron chi connectivity index (χ4n) is 2.66. The first-order valence-corrected chi connectivity index (χ1v) is 6.46. The van der Waals surface area contributed by atoms with Gasteiger partial charge in [-0.25, -0.2) is 0 Å². The molecule has 19 heavy (non-hydrogen) atoms. The smallest absolute Gasteiger partial charge is 0.256 e. The highest BCUT2D eigenvalue weighted by atomic mass is 16.3. The lowest BCUT2D eigenvalue weighted by Crippen LogP contribution is -2.28. The summed E-state index contributed by atoms with van der Waals surface area (Å²) in [6.45, 7) is 1.50. The number of anilines is 1. The first kappa shape index (κ1) is 12.0. The summed E-state index contributed by atoms with van der Waals surface area (Å²) >= 11 is 0. The van der Waals surface area contributed by atoms with Gasteiger partial charge < -0.3 is 20.7 Å². The predicted octanol–water partition coefficient (Wildman–Crippen LogP) is 1.20. The van der Waals surface area contributed by atoms with E-state index in [1.54, 1.807) is 17.2 Å². The largest absolute Gasteiger partial charge is 0.399 e. The molecule has 0 radical (unpaired) electrons. The average molecular weight is 259 g/mol. The molecule has 0 bridgehead atoms. The number of nitrogens with one attached hydrogen (secondary N) is 1. The molecule has 3 rings (SSSR count). The number of likely N-dealkylation sites (tertiary alicyclic amines) is 1. The van der Waals surface area contributed by atoms with E-state index in [0.717, 1.165) is 17.3 Å². The minimum absolute atomic E-state index is 0.0203. The molecule has 0 spiro atoms. The van der Waals surface area contributed by atoms with Gasteiger partial charge in [0.1, 0.15) is 0 Å². The fraction of sp³-hybridized carbons (Fsp3) is 0.357. The molecule has 4 N–H and O–H groups in total. The summed E-state index contributed by atoms with van der Waals surface area (Å²) in [7, 11) is 0. The van der Waals surface area contributed by atoms with E-state index in [1.165, 1.54) is 0 Å². The molecule has 1 saturated heterocycles. The lowest BCUT2D eigenvalue weighted by molar-refractivity contribution is 0.0784. The molecule has 1 aromatic carbocycles. The summed E-state index contributed by atoms with van der Waals surface area (Å²) in [4.78, 5) is 17.3. The van der Waals surface area contributed by atoms with E-state index in [2.05, 4.69) is 4.98 Å². The summed E-state index contributed by atoms with van der Waals surface area (Å²) in [5.41, 5.74) is 7.95. The molecule has 1 aliphatic rings. The SMILES string of the molecule is Nc1ccc2c(C(=O)N3CCC(CO)C3)c[nH]c2c1. The first-order valence-electron chi connectivity index (χ1n) is 6.46. The van der Waals surface area contributed by atoms with Crippen LogP contribution >= 0.6 is 0 Å². The Hall–Kier alpha value is -2.01. The second kappa shape index (κ2) is 4.59. The molecule has 2 heterocycles. The summed E-state index contributed by atoms with van der Waals surface area (Å²) in [6, 6.07) is 5.49. The van der Waals surface area contributed by atoms with Crippen LogP contribution in [0.2, 0.25) is 0 Å². The summed E-state index contributed by atoms with van der Waals surface area (Å²) < 4.78 is 0. The highest BCUT2D eigenvalue weighted by molar-refractivity contribution is 6.07. The molecule has 5 nitrogen and oxygen atoms in total. The fourth-order valence-corrected chi connectivity index (χ4v) is 2.66. The summed E-state index contributed by atoms with van der Waals surface area (Å²) in [5, 5.41) is 10.0. The number of hydrogen-bond acceptors (Lipinski definition) is 3. The van der Waals surface area contributed by atoms with Gasteiger partial charge in [0, 0.05) is 48.4 Å². The minimum atomic E-state index is 0.0203. The third-order valence-corrected chi connectivity index (χ3v) is 3.77. The number of nitrogens with zero attached hydrogens (tertiary/aromatic N) is 1. The Morgan fingerprint density at radius 3 is 3.11 bits per heavy atom. The number of carbonyl (C=O) groups is 1. The van der Waals surface area contributed by atoms with E-state index in [9.17, 15) is 4.79 Å². The van der Waals surface area contributed by atoms with Crippen LogP contribution in [-0.4, -0.2) is 40.6 Å². The van der Waals surface area contributed by atoms with Gasteiger partial charge in [0.15, 0.2) is 0 Å². The lowest BCUT2D eigenvalue weighted by Gasteiger charge is -2.15. The van der Waals surface area contributed by atoms with E-state index >= 15 is 0 Å². The zero-order valence-electron chi connectivity index (χ0n) is 10.6. The second-order valence-electron chi connectivity index (χ2n) is 5.10. The first-order chi connectivity index (χ1) is 9.19. The average Bonchev–Trinajstić information content (AvgIpc) is 3.03. The molecule has 5 heteroatoms. The van der Waals surface area contributed by atoms with Gasteiger partial charge >= 0.3 is 0 Å². The van der Waals surface area contributed by atoms with E-state index in [1.807, 2.05) is 12.1 Å². The number of hydrogen-bond donors (Lipinski definition) is 3. The molecule has 100 valence electrons. The number of nitrogen functional groups attached to an aromatic ring is 1. The van der Waals surface area contributed by atoms with Crippen LogP contribution in [0, 0.1) is 5.92 Å². The van der Waals surface area contributed by atoms with Gasteiger partial charge in [-0.3, -0.25) is 4.79 Å². The van der Waals surface area contributed by atoms with E-state index < -0.39 is 0 Å². The van der Waals surface area contributed by atoms with Gasteiger partial charge in [0.25, 0.3) is 5.91 Å². The number of nitrogens with two attached hydrogens (primary N) is 1. The molecule has 1 amide bonds. The van der Waals surface area contributed by atoms with E-state index in [4.69, 9.17) is 10.8 Å². The Balaban J connectivity index is 1.90. The number of aromatic nitrogens is 1. The number of H-pyrrole nitrogens is 1. The second-order valence-corrected chi connectivity index (χ2v) is 5.10. The van der Waals surface area contributed by atoms with Crippen molar-refractivity contribution >= 4 is 22.5 Å². The van der Waals surface area contributed by atoms with Crippen molar-refractivity contribution in [1.82, 2.24) is 9.88 Å². The van der Waals surface area contributed by atoms with Crippen LogP contribution in [0.15, 0.2) is 24.4 Å². The number of rotatable bonds is 2. The molecule has 0 saturated carbocycles. The molecule has 1 fully saturated rings. The number of aromatic amines is 1. The van der Waals surface area contributed by atoms with Crippen LogP contribution in [-0.2, 0) is 0 Å². The quantitative estimate of drug-likeness (QED) is 0.709. The Morgan fingerprint density at radius 1 is 1.53 bits per heavy atom. The van der Waals surface area contributed by atoms with Crippen molar-refractivity contribution < 1.29 is 9.90 Å². The number of fused-ring (bicyclic) bond motifs is 1. The van der Waals surface area contributed by atoms with Crippen LogP contribution in [0.25, 0.3) is 10.9 Å². The van der Waals surface area contributed by atoms with Crippen molar-refractivity contribution in [3.8, 4) is 0 Å². The van der Waals surface area contributed by atoms with Crippen LogP contribution < -0.4 is 5.73 Å². The van der Waals surface area contributed by atoms with Gasteiger partial charge in [-0.15, -0.1) is 0 Å². The standard InChI is InChI=1S/C14H17N3O2/c15-10-1-2-11-12(6-16-13(11)5-10)14(19)17-4-3-9(7-17)8-18/h1-2,5-6,9,16,18H,3-4,7-8,15H2. The van der Waals surface area contributed by atoms with Crippen molar-refractivity contribution in [3.05, 3.63) is 30.0 Å². The summed E-state index contributed by atoms with van der Waals surface area (Å²) in [5.74, 6) is 0.233. The zero-order chi connectivity index (χ0) is 13.4. The number of aliphatic hydroxyl groups excluding tert-OH is 1. The highest BCUT2D eigenvalue weighted by Gasteiger charge is 2.27. The molecule has 1 atom stereocenters. The van der Waals surface area contributed by atoms with Crippen LogP contribution in [0.1, 0.15) is 16.8 Å². The Labute approximate surface area is 111 Å². The van der Waals surface area contributed by atoms with Crippen molar-refractivity contribution in [2.75, 3.05) is 25.4 Å². The van der Waals surface area contributed by atoms with Gasteiger partial charge in [0.05, 0.1) is 5.56 Å². The van der Waals surface area contributed by atoms with Crippen molar-refractivity contribution in [1.29, 1.82) is 0 Å². The van der Waals surface area contributed by atoms with Crippen molar-refractivity contribution in [3.63, 3.8) is 0 Å².